The molecule has 0 amide bonds. The molecule has 1 heterocycles. The van der Waals surface area contributed by atoms with Crippen molar-refractivity contribution < 1.29 is 0 Å². The summed E-state index contributed by atoms with van der Waals surface area (Å²) in [6.45, 7) is 0. The Morgan fingerprint density at radius 3 is 3.00 bits per heavy atom. The molecule has 4 heteroatoms. The largest absolute Gasteiger partial charge is 0.359 e. The summed E-state index contributed by atoms with van der Waals surface area (Å²) in [5.74, 6) is 0. The van der Waals surface area contributed by atoms with Crippen molar-refractivity contribution in [3.05, 3.63) is 9.98 Å². The molecule has 1 saturated carbocycles. The minimum absolute atomic E-state index is 0.707. The Morgan fingerprint density at radius 2 is 2.50 bits per heavy atom. The lowest BCUT2D eigenvalue weighted by molar-refractivity contribution is 1.14. The van der Waals surface area contributed by atoms with Crippen LogP contribution in [0.3, 0.4) is 0 Å². The van der Waals surface area contributed by atoms with Crippen molar-refractivity contribution in [1.29, 1.82) is 0 Å². The topological polar surface area (TPSA) is 24.9 Å². The number of nitrogens with zero attached hydrogens (tertiary/aromatic N) is 1. The van der Waals surface area contributed by atoms with Gasteiger partial charge in [0.1, 0.15) is 0 Å². The molecule has 1 aromatic rings. The van der Waals surface area contributed by atoms with Crippen LogP contribution >= 0.6 is 27.3 Å². The molecule has 0 aliphatic heterocycles. The van der Waals surface area contributed by atoms with Gasteiger partial charge < -0.3 is 5.32 Å². The quantitative estimate of drug-likeness (QED) is 0.826. The first-order chi connectivity index (χ1) is 4.84. The highest BCUT2D eigenvalue weighted by molar-refractivity contribution is 9.11. The highest BCUT2D eigenvalue weighted by atomic mass is 79.9. The summed E-state index contributed by atoms with van der Waals surface area (Å²) < 4.78 is 1.09. The monoisotopic (exact) mass is 218 g/mol. The standard InChI is InChI=1S/C6H7BrN2S/c7-5-3-8-6(10-5)9-4-1-2-4/h3-4H,1-2H2,(H,8,9). The first-order valence-corrected chi connectivity index (χ1v) is 4.83. The Hall–Kier alpha value is -0.0900. The average molecular weight is 219 g/mol. The van der Waals surface area contributed by atoms with Gasteiger partial charge >= 0.3 is 0 Å². The van der Waals surface area contributed by atoms with Crippen LogP contribution in [0.15, 0.2) is 9.98 Å². The third-order valence-electron chi connectivity index (χ3n) is 1.38. The number of rotatable bonds is 2. The Bertz CT molecular complexity index is 231. The van der Waals surface area contributed by atoms with Crippen molar-refractivity contribution in [1.82, 2.24) is 4.98 Å². The van der Waals surface area contributed by atoms with E-state index < -0.39 is 0 Å². The highest BCUT2D eigenvalue weighted by Crippen LogP contribution is 2.29. The van der Waals surface area contributed by atoms with E-state index in [1.807, 2.05) is 6.20 Å². The molecule has 0 aromatic carbocycles. The molecule has 1 fully saturated rings. The molecular weight excluding hydrogens is 212 g/mol. The Kier molecular flexibility index (Phi) is 1.66. The highest BCUT2D eigenvalue weighted by Gasteiger charge is 2.21. The van der Waals surface area contributed by atoms with Crippen LogP contribution < -0.4 is 5.32 Å². The molecule has 1 aliphatic rings. The van der Waals surface area contributed by atoms with E-state index in [-0.39, 0.29) is 0 Å². The molecule has 2 rings (SSSR count). The van der Waals surface area contributed by atoms with Gasteiger partial charge in [0, 0.05) is 6.04 Å². The van der Waals surface area contributed by atoms with Gasteiger partial charge in [-0.3, -0.25) is 0 Å². The fourth-order valence-electron chi connectivity index (χ4n) is 0.723. The van der Waals surface area contributed by atoms with Gasteiger partial charge in [-0.15, -0.1) is 0 Å². The summed E-state index contributed by atoms with van der Waals surface area (Å²) in [7, 11) is 0. The molecule has 0 unspecified atom stereocenters. The smallest absolute Gasteiger partial charge is 0.183 e. The summed E-state index contributed by atoms with van der Waals surface area (Å²) in [6.07, 6.45) is 4.43. The minimum Gasteiger partial charge on any atom is -0.359 e. The molecule has 1 aromatic heterocycles. The zero-order valence-corrected chi connectivity index (χ0v) is 7.70. The Balaban J connectivity index is 2.03. The van der Waals surface area contributed by atoms with Crippen molar-refractivity contribution in [3.8, 4) is 0 Å². The van der Waals surface area contributed by atoms with Crippen LogP contribution in [0.1, 0.15) is 12.8 Å². The van der Waals surface area contributed by atoms with Crippen molar-refractivity contribution in [2.24, 2.45) is 0 Å². The number of nitrogens with one attached hydrogen (secondary N) is 1. The molecule has 0 radical (unpaired) electrons. The van der Waals surface area contributed by atoms with Gasteiger partial charge in [0.05, 0.1) is 9.98 Å². The molecule has 54 valence electrons. The van der Waals surface area contributed by atoms with Crippen LogP contribution in [0.4, 0.5) is 5.13 Å². The van der Waals surface area contributed by atoms with E-state index in [4.69, 9.17) is 0 Å². The van der Waals surface area contributed by atoms with Gasteiger partial charge in [0.2, 0.25) is 0 Å². The van der Waals surface area contributed by atoms with Crippen LogP contribution in [0.2, 0.25) is 0 Å². The maximum Gasteiger partial charge on any atom is 0.183 e. The van der Waals surface area contributed by atoms with Crippen LogP contribution in [-0.2, 0) is 0 Å². The van der Waals surface area contributed by atoms with Gasteiger partial charge in [-0.25, -0.2) is 4.98 Å². The van der Waals surface area contributed by atoms with E-state index in [9.17, 15) is 0 Å². The third kappa shape index (κ3) is 1.49. The lowest BCUT2D eigenvalue weighted by Gasteiger charge is -1.94. The van der Waals surface area contributed by atoms with Crippen LogP contribution in [0, 0.1) is 0 Å². The summed E-state index contributed by atoms with van der Waals surface area (Å²) >= 11 is 5.01. The molecule has 1 aliphatic carbocycles. The summed E-state index contributed by atoms with van der Waals surface area (Å²) in [4.78, 5) is 4.16. The third-order valence-corrected chi connectivity index (χ3v) is 2.79. The maximum atomic E-state index is 4.16. The van der Waals surface area contributed by atoms with E-state index in [1.54, 1.807) is 11.3 Å². The molecule has 0 bridgehead atoms. The SMILES string of the molecule is Brc1cnc(NC2CC2)s1. The van der Waals surface area contributed by atoms with Gasteiger partial charge in [-0.2, -0.15) is 0 Å². The molecule has 0 saturated heterocycles. The van der Waals surface area contributed by atoms with Crippen molar-refractivity contribution >= 4 is 32.4 Å². The normalized spacial score (nSPS) is 17.3. The van der Waals surface area contributed by atoms with E-state index in [0.717, 1.165) is 8.92 Å². The van der Waals surface area contributed by atoms with Gasteiger partial charge in [-0.1, -0.05) is 11.3 Å². The second-order valence-electron chi connectivity index (χ2n) is 2.39. The van der Waals surface area contributed by atoms with Crippen molar-refractivity contribution in [2.75, 3.05) is 5.32 Å². The average Bonchev–Trinajstić information content (AvgIpc) is 2.59. The first-order valence-electron chi connectivity index (χ1n) is 3.22. The molecule has 0 atom stereocenters. The second-order valence-corrected chi connectivity index (χ2v) is 4.80. The van der Waals surface area contributed by atoms with E-state index in [1.165, 1.54) is 12.8 Å². The van der Waals surface area contributed by atoms with E-state index in [0.29, 0.717) is 6.04 Å². The zero-order chi connectivity index (χ0) is 6.97. The van der Waals surface area contributed by atoms with Gasteiger partial charge in [-0.05, 0) is 28.8 Å². The summed E-state index contributed by atoms with van der Waals surface area (Å²) in [6, 6.07) is 0.707. The predicted octanol–water partition coefficient (Wildman–Crippen LogP) is 2.48. The van der Waals surface area contributed by atoms with Gasteiger partial charge in [0.15, 0.2) is 5.13 Å². The Labute approximate surface area is 71.8 Å². The van der Waals surface area contributed by atoms with Gasteiger partial charge in [0.25, 0.3) is 0 Å². The van der Waals surface area contributed by atoms with E-state index in [2.05, 4.69) is 26.2 Å². The van der Waals surface area contributed by atoms with Crippen LogP contribution in [0.25, 0.3) is 0 Å². The number of hydrogen-bond acceptors (Lipinski definition) is 3. The lowest BCUT2D eigenvalue weighted by Crippen LogP contribution is -1.98. The molecule has 2 nitrogen and oxygen atoms in total. The van der Waals surface area contributed by atoms with Crippen LogP contribution in [0.5, 0.6) is 0 Å². The molecule has 1 N–H and O–H groups in total. The van der Waals surface area contributed by atoms with Crippen LogP contribution in [-0.4, -0.2) is 11.0 Å². The second kappa shape index (κ2) is 2.51. The first kappa shape index (κ1) is 6.61. The lowest BCUT2D eigenvalue weighted by atomic mass is 10.7. The predicted molar refractivity (Wildman–Crippen MR) is 46.5 cm³/mol. The number of hydrogen-bond donors (Lipinski definition) is 1. The number of halogens is 1. The zero-order valence-electron chi connectivity index (χ0n) is 5.30. The molecule has 0 spiro atoms. The number of anilines is 1. The fourth-order valence-corrected chi connectivity index (χ4v) is 1.91. The number of thiazole rings is 1. The van der Waals surface area contributed by atoms with Crippen molar-refractivity contribution in [2.45, 2.75) is 18.9 Å². The maximum absolute atomic E-state index is 4.16. The van der Waals surface area contributed by atoms with Crippen molar-refractivity contribution in [3.63, 3.8) is 0 Å². The summed E-state index contributed by atoms with van der Waals surface area (Å²) in [5.41, 5.74) is 0. The molecular formula is C6H7BrN2S. The Morgan fingerprint density at radius 1 is 1.70 bits per heavy atom. The minimum atomic E-state index is 0.707. The fraction of sp³-hybridized carbons (Fsp3) is 0.500. The number of aromatic nitrogens is 1. The van der Waals surface area contributed by atoms with E-state index >= 15 is 0 Å². The summed E-state index contributed by atoms with van der Waals surface area (Å²) in [5, 5.41) is 4.35. The molecule has 10 heavy (non-hydrogen) atoms.